The molecule has 0 spiro atoms. The third-order valence-corrected chi connectivity index (χ3v) is 5.90. The summed E-state index contributed by atoms with van der Waals surface area (Å²) in [7, 11) is 0. The first-order chi connectivity index (χ1) is 10.2. The number of nitrogens with zero attached hydrogens (tertiary/aromatic N) is 3. The van der Waals surface area contributed by atoms with Crippen molar-refractivity contribution >= 4 is 27.4 Å². The van der Waals surface area contributed by atoms with Crippen molar-refractivity contribution in [2.24, 2.45) is 5.92 Å². The minimum Gasteiger partial charge on any atom is -0.345 e. The van der Waals surface area contributed by atoms with Crippen molar-refractivity contribution in [3.8, 4) is 0 Å². The van der Waals surface area contributed by atoms with Crippen LogP contribution in [0.15, 0.2) is 0 Å². The molecule has 2 aromatic heterocycles. The Labute approximate surface area is 129 Å². The number of nitrogens with two attached hydrogens (primary N) is 1. The lowest BCUT2D eigenvalue weighted by Gasteiger charge is -2.27. The Hall–Kier alpha value is -1.20. The van der Waals surface area contributed by atoms with Gasteiger partial charge in [0, 0.05) is 4.88 Å². The second-order valence-electron chi connectivity index (χ2n) is 6.48. The summed E-state index contributed by atoms with van der Waals surface area (Å²) in [6, 6.07) is 0. The topological polar surface area (TPSA) is 45.6 Å². The second-order valence-corrected chi connectivity index (χ2v) is 7.56. The number of anilines is 1. The van der Waals surface area contributed by atoms with E-state index in [0.29, 0.717) is 0 Å². The van der Waals surface area contributed by atoms with Gasteiger partial charge in [-0.2, -0.15) is 0 Å². The van der Waals surface area contributed by atoms with E-state index in [9.17, 15) is 0 Å². The Morgan fingerprint density at radius 3 is 2.86 bits per heavy atom. The van der Waals surface area contributed by atoms with Crippen LogP contribution in [0.4, 0.5) is 5.82 Å². The number of quaternary nitrogens is 1. The lowest BCUT2D eigenvalue weighted by molar-refractivity contribution is -0.655. The molecule has 2 N–H and O–H groups in total. The molecule has 0 unspecified atom stereocenters. The number of thiophene rings is 1. The molecule has 2 aliphatic rings. The standard InChI is InChI=1S/C16H22N4S/c1-10-3-4-12-13(9-10)21-16-14(12)15(18-11(2)19-16)20-7-5-17-6-8-20/h10,17H,3-9H2,1-2H3/p+1/t10-/m0/s1. The maximum absolute atomic E-state index is 4.83. The fourth-order valence-corrected chi connectivity index (χ4v) is 5.04. The first-order valence-electron chi connectivity index (χ1n) is 8.08. The molecule has 0 saturated carbocycles. The van der Waals surface area contributed by atoms with Crippen LogP contribution in [0.5, 0.6) is 0 Å². The van der Waals surface area contributed by atoms with Crippen molar-refractivity contribution in [1.29, 1.82) is 0 Å². The maximum Gasteiger partial charge on any atom is 0.141 e. The summed E-state index contributed by atoms with van der Waals surface area (Å²) in [4.78, 5) is 14.8. The van der Waals surface area contributed by atoms with Crippen LogP contribution >= 0.6 is 11.3 Å². The molecule has 1 atom stereocenters. The highest BCUT2D eigenvalue weighted by molar-refractivity contribution is 7.19. The van der Waals surface area contributed by atoms with Crippen LogP contribution in [0.2, 0.25) is 0 Å². The molecule has 21 heavy (non-hydrogen) atoms. The fourth-order valence-electron chi connectivity index (χ4n) is 3.62. The average molecular weight is 303 g/mol. The molecule has 0 aromatic carbocycles. The second kappa shape index (κ2) is 5.21. The zero-order valence-corrected chi connectivity index (χ0v) is 13.7. The van der Waals surface area contributed by atoms with Gasteiger partial charge in [0.1, 0.15) is 16.5 Å². The van der Waals surface area contributed by atoms with Crippen molar-refractivity contribution in [3.05, 3.63) is 16.3 Å². The largest absolute Gasteiger partial charge is 0.345 e. The highest BCUT2D eigenvalue weighted by atomic mass is 32.1. The van der Waals surface area contributed by atoms with Crippen LogP contribution in [0.3, 0.4) is 0 Å². The van der Waals surface area contributed by atoms with Crippen LogP contribution in [0.1, 0.15) is 29.6 Å². The van der Waals surface area contributed by atoms with Gasteiger partial charge in [0.2, 0.25) is 0 Å². The van der Waals surface area contributed by atoms with Crippen molar-refractivity contribution in [1.82, 2.24) is 9.97 Å². The molecule has 1 aliphatic carbocycles. The molecule has 1 aliphatic heterocycles. The molecule has 0 amide bonds. The summed E-state index contributed by atoms with van der Waals surface area (Å²) in [6.45, 7) is 8.95. The van der Waals surface area contributed by atoms with Gasteiger partial charge in [-0.05, 0) is 37.7 Å². The highest BCUT2D eigenvalue weighted by Crippen LogP contribution is 2.40. The van der Waals surface area contributed by atoms with Crippen LogP contribution < -0.4 is 10.2 Å². The number of hydrogen-bond acceptors (Lipinski definition) is 4. The molecule has 1 saturated heterocycles. The number of piperazine rings is 1. The van der Waals surface area contributed by atoms with Crippen molar-refractivity contribution in [2.75, 3.05) is 31.1 Å². The third-order valence-electron chi connectivity index (χ3n) is 4.75. The number of fused-ring (bicyclic) bond motifs is 3. The summed E-state index contributed by atoms with van der Waals surface area (Å²) < 4.78 is 0. The molecule has 4 nitrogen and oxygen atoms in total. The normalized spacial score (nSPS) is 22.6. The van der Waals surface area contributed by atoms with E-state index in [4.69, 9.17) is 9.97 Å². The molecule has 2 aromatic rings. The Morgan fingerprint density at radius 1 is 1.24 bits per heavy atom. The number of aromatic nitrogens is 2. The lowest BCUT2D eigenvalue weighted by Crippen LogP contribution is -2.89. The number of hydrogen-bond donors (Lipinski definition) is 1. The average Bonchev–Trinajstić information content (AvgIpc) is 2.84. The van der Waals surface area contributed by atoms with E-state index in [1.807, 2.05) is 18.3 Å². The first-order valence-corrected chi connectivity index (χ1v) is 8.89. The first kappa shape index (κ1) is 13.5. The zero-order valence-electron chi connectivity index (χ0n) is 12.9. The van der Waals surface area contributed by atoms with Gasteiger partial charge in [-0.25, -0.2) is 9.97 Å². The predicted molar refractivity (Wildman–Crippen MR) is 87.2 cm³/mol. The van der Waals surface area contributed by atoms with E-state index in [2.05, 4.69) is 17.1 Å². The van der Waals surface area contributed by atoms with E-state index in [1.165, 1.54) is 48.4 Å². The summed E-state index contributed by atoms with van der Waals surface area (Å²) in [5, 5.41) is 3.77. The Bertz CT molecular complexity index is 672. The minimum absolute atomic E-state index is 0.813. The van der Waals surface area contributed by atoms with E-state index in [0.717, 1.165) is 24.8 Å². The van der Waals surface area contributed by atoms with Crippen molar-refractivity contribution in [3.63, 3.8) is 0 Å². The van der Waals surface area contributed by atoms with Gasteiger partial charge in [-0.1, -0.05) is 6.92 Å². The molecular formula is C16H23N4S+. The highest BCUT2D eigenvalue weighted by Gasteiger charge is 2.26. The minimum atomic E-state index is 0.813. The summed E-state index contributed by atoms with van der Waals surface area (Å²) in [6.07, 6.45) is 3.73. The van der Waals surface area contributed by atoms with Gasteiger partial charge in [-0.15, -0.1) is 11.3 Å². The molecule has 112 valence electrons. The van der Waals surface area contributed by atoms with E-state index in [-0.39, 0.29) is 0 Å². The molecule has 0 bridgehead atoms. The molecule has 1 fully saturated rings. The Kier molecular flexibility index (Phi) is 3.34. The monoisotopic (exact) mass is 303 g/mol. The van der Waals surface area contributed by atoms with Gasteiger partial charge in [-0.3, -0.25) is 0 Å². The zero-order chi connectivity index (χ0) is 14.4. The molecule has 3 heterocycles. The van der Waals surface area contributed by atoms with Crippen LogP contribution in [0, 0.1) is 12.8 Å². The van der Waals surface area contributed by atoms with Crippen molar-refractivity contribution < 1.29 is 5.32 Å². The Morgan fingerprint density at radius 2 is 2.05 bits per heavy atom. The van der Waals surface area contributed by atoms with Gasteiger partial charge in [0.15, 0.2) is 0 Å². The summed E-state index contributed by atoms with van der Waals surface area (Å²) >= 11 is 1.91. The summed E-state index contributed by atoms with van der Waals surface area (Å²) in [5.74, 6) is 2.93. The van der Waals surface area contributed by atoms with Crippen LogP contribution in [-0.4, -0.2) is 36.1 Å². The molecule has 0 radical (unpaired) electrons. The van der Waals surface area contributed by atoms with Gasteiger partial charge < -0.3 is 10.2 Å². The number of aryl methyl sites for hydroxylation is 2. The van der Waals surface area contributed by atoms with Gasteiger partial charge in [0.25, 0.3) is 0 Å². The smallest absolute Gasteiger partial charge is 0.141 e. The van der Waals surface area contributed by atoms with Crippen molar-refractivity contribution in [2.45, 2.75) is 33.1 Å². The third kappa shape index (κ3) is 2.32. The van der Waals surface area contributed by atoms with Gasteiger partial charge >= 0.3 is 0 Å². The van der Waals surface area contributed by atoms with E-state index < -0.39 is 0 Å². The van der Waals surface area contributed by atoms with Crippen LogP contribution in [0.25, 0.3) is 10.2 Å². The molecule has 4 rings (SSSR count). The van der Waals surface area contributed by atoms with Crippen LogP contribution in [-0.2, 0) is 12.8 Å². The Balaban J connectivity index is 1.88. The lowest BCUT2D eigenvalue weighted by atomic mass is 9.89. The molecule has 5 heteroatoms. The van der Waals surface area contributed by atoms with E-state index >= 15 is 0 Å². The fraction of sp³-hybridized carbons (Fsp3) is 0.625. The van der Waals surface area contributed by atoms with Gasteiger partial charge in [0.05, 0.1) is 31.6 Å². The van der Waals surface area contributed by atoms with E-state index in [1.54, 1.807) is 10.4 Å². The summed E-state index contributed by atoms with van der Waals surface area (Å²) in [5.41, 5.74) is 1.55. The molecular weight excluding hydrogens is 280 g/mol. The quantitative estimate of drug-likeness (QED) is 0.868. The SMILES string of the molecule is Cc1nc(N2CC[NH2+]CC2)c2c3c(sc2n1)C[C@@H](C)CC3. The maximum atomic E-state index is 4.83. The number of rotatable bonds is 1. The predicted octanol–water partition coefficient (Wildman–Crippen LogP) is 1.51.